The second-order valence-corrected chi connectivity index (χ2v) is 6.13. The molecule has 3 aromatic rings. The van der Waals surface area contributed by atoms with Crippen molar-refractivity contribution >= 4 is 27.5 Å². The summed E-state index contributed by atoms with van der Waals surface area (Å²) in [5, 5.41) is 1.17. The zero-order valence-electron chi connectivity index (χ0n) is 12.5. The number of nitrogens with zero attached hydrogens (tertiary/aromatic N) is 1. The van der Waals surface area contributed by atoms with Crippen LogP contribution in [0, 0.1) is 0 Å². The molecule has 112 valence electrons. The number of carbonyl (C=O) groups is 1. The Bertz CT molecular complexity index is 780. The minimum atomic E-state index is -0.189. The molecule has 4 heteroatoms. The fourth-order valence-corrected chi connectivity index (χ4v) is 3.69. The van der Waals surface area contributed by atoms with Crippen LogP contribution in [0.4, 0.5) is 0 Å². The van der Waals surface area contributed by atoms with E-state index < -0.39 is 0 Å². The van der Waals surface area contributed by atoms with Gasteiger partial charge in [0.2, 0.25) is 17.1 Å². The Morgan fingerprint density at radius 3 is 2.59 bits per heavy atom. The highest BCUT2D eigenvalue weighted by Gasteiger charge is 2.23. The van der Waals surface area contributed by atoms with Crippen LogP contribution in [0.5, 0.6) is 0 Å². The van der Waals surface area contributed by atoms with E-state index in [-0.39, 0.29) is 12.5 Å². The molecule has 1 heterocycles. The van der Waals surface area contributed by atoms with Crippen LogP contribution in [0.25, 0.3) is 10.2 Å². The first-order chi connectivity index (χ1) is 10.8. The maximum absolute atomic E-state index is 11.9. The second-order valence-electron chi connectivity index (χ2n) is 5.02. The van der Waals surface area contributed by atoms with Crippen molar-refractivity contribution in [3.63, 3.8) is 0 Å². The predicted octanol–water partition coefficient (Wildman–Crippen LogP) is 3.34. The molecule has 0 aliphatic heterocycles. The molecule has 0 atom stereocenters. The van der Waals surface area contributed by atoms with Crippen molar-refractivity contribution in [2.45, 2.75) is 19.9 Å². The lowest BCUT2D eigenvalue weighted by molar-refractivity contribution is -0.662. The molecule has 0 unspecified atom stereocenters. The highest BCUT2D eigenvalue weighted by Crippen LogP contribution is 2.22. The first kappa shape index (κ1) is 14.7. The van der Waals surface area contributed by atoms with Gasteiger partial charge in [0, 0.05) is 6.07 Å². The largest absolute Gasteiger partial charge is 0.461 e. The van der Waals surface area contributed by atoms with Gasteiger partial charge in [-0.3, -0.25) is 0 Å². The summed E-state index contributed by atoms with van der Waals surface area (Å²) in [4.78, 5) is 11.9. The van der Waals surface area contributed by atoms with Crippen molar-refractivity contribution in [1.29, 1.82) is 0 Å². The quantitative estimate of drug-likeness (QED) is 0.534. The van der Waals surface area contributed by atoms with Gasteiger partial charge in [0.1, 0.15) is 4.70 Å². The molecule has 0 amide bonds. The smallest absolute Gasteiger partial charge is 0.372 e. The van der Waals surface area contributed by atoms with Crippen LogP contribution < -0.4 is 4.57 Å². The van der Waals surface area contributed by atoms with E-state index in [1.165, 1.54) is 15.3 Å². The van der Waals surface area contributed by atoms with Gasteiger partial charge in [-0.1, -0.05) is 53.8 Å². The summed E-state index contributed by atoms with van der Waals surface area (Å²) >= 11 is 1.73. The molecule has 22 heavy (non-hydrogen) atoms. The minimum absolute atomic E-state index is 0.189. The molecule has 0 spiro atoms. The van der Waals surface area contributed by atoms with Crippen LogP contribution in [0.1, 0.15) is 17.5 Å². The van der Waals surface area contributed by atoms with Gasteiger partial charge >= 0.3 is 5.97 Å². The Kier molecular flexibility index (Phi) is 4.49. The molecule has 0 aliphatic carbocycles. The number of hydrogen-bond acceptors (Lipinski definition) is 3. The van der Waals surface area contributed by atoms with E-state index in [9.17, 15) is 4.79 Å². The molecule has 2 aromatic carbocycles. The van der Waals surface area contributed by atoms with Crippen LogP contribution in [0.15, 0.2) is 54.6 Å². The SMILES string of the molecule is CCOC(=O)C[n+]1c(Cc2ccccc2)sc2ccccc21. The summed E-state index contributed by atoms with van der Waals surface area (Å²) in [6.45, 7) is 2.51. The van der Waals surface area contributed by atoms with Gasteiger partial charge in [0.25, 0.3) is 0 Å². The van der Waals surface area contributed by atoms with Crippen LogP contribution in [0.2, 0.25) is 0 Å². The first-order valence-electron chi connectivity index (χ1n) is 7.37. The summed E-state index contributed by atoms with van der Waals surface area (Å²) in [5.41, 5.74) is 2.33. The van der Waals surface area contributed by atoms with Gasteiger partial charge in [-0.25, -0.2) is 4.79 Å². The number of hydrogen-bond donors (Lipinski definition) is 0. The molecular formula is C18H18NO2S+. The summed E-state index contributed by atoms with van der Waals surface area (Å²) in [6.07, 6.45) is 0.819. The van der Waals surface area contributed by atoms with E-state index in [2.05, 4.69) is 28.8 Å². The normalized spacial score (nSPS) is 10.8. The van der Waals surface area contributed by atoms with Crippen LogP contribution in [-0.4, -0.2) is 12.6 Å². The molecule has 0 fully saturated rings. The minimum Gasteiger partial charge on any atom is -0.461 e. The van der Waals surface area contributed by atoms with Gasteiger partial charge in [-0.15, -0.1) is 0 Å². The van der Waals surface area contributed by atoms with Crippen molar-refractivity contribution in [2.24, 2.45) is 0 Å². The number of fused-ring (bicyclic) bond motifs is 1. The second kappa shape index (κ2) is 6.71. The molecule has 0 saturated carbocycles. The molecular weight excluding hydrogens is 294 g/mol. The molecule has 0 N–H and O–H groups in total. The Labute approximate surface area is 133 Å². The fraction of sp³-hybridized carbons (Fsp3) is 0.222. The monoisotopic (exact) mass is 312 g/mol. The van der Waals surface area contributed by atoms with Crippen molar-refractivity contribution in [3.8, 4) is 0 Å². The molecule has 3 nitrogen and oxygen atoms in total. The summed E-state index contributed by atoms with van der Waals surface area (Å²) in [5.74, 6) is -0.189. The van der Waals surface area contributed by atoms with Crippen LogP contribution >= 0.6 is 11.3 Å². The number of rotatable bonds is 5. The average molecular weight is 312 g/mol. The maximum atomic E-state index is 11.9. The number of ether oxygens (including phenoxy) is 1. The lowest BCUT2D eigenvalue weighted by atomic mass is 10.1. The highest BCUT2D eigenvalue weighted by molar-refractivity contribution is 7.18. The Balaban J connectivity index is 1.99. The molecule has 0 bridgehead atoms. The van der Waals surface area contributed by atoms with Crippen molar-refractivity contribution < 1.29 is 14.1 Å². The molecule has 3 rings (SSSR count). The van der Waals surface area contributed by atoms with E-state index in [1.807, 2.05) is 37.3 Å². The van der Waals surface area contributed by atoms with Gasteiger partial charge in [-0.2, -0.15) is 4.57 Å². The lowest BCUT2D eigenvalue weighted by Gasteiger charge is -2.01. The standard InChI is InChI=1S/C18H18NO2S/c1-2-21-18(20)13-19-15-10-6-7-11-16(15)22-17(19)12-14-8-4-3-5-9-14/h3-11H,2,12-13H2,1H3/q+1. The summed E-state index contributed by atoms with van der Waals surface area (Å²) in [7, 11) is 0. The summed E-state index contributed by atoms with van der Waals surface area (Å²) in [6, 6.07) is 18.5. The molecule has 0 radical (unpaired) electrons. The molecule has 1 aromatic heterocycles. The van der Waals surface area contributed by atoms with Gasteiger partial charge in [-0.05, 0) is 18.6 Å². The van der Waals surface area contributed by atoms with E-state index >= 15 is 0 Å². The van der Waals surface area contributed by atoms with Crippen molar-refractivity contribution in [1.82, 2.24) is 0 Å². The molecule has 0 saturated heterocycles. The summed E-state index contributed by atoms with van der Waals surface area (Å²) < 4.78 is 8.38. The topological polar surface area (TPSA) is 30.2 Å². The predicted molar refractivity (Wildman–Crippen MR) is 87.9 cm³/mol. The third-order valence-corrected chi connectivity index (χ3v) is 4.64. The van der Waals surface area contributed by atoms with E-state index in [4.69, 9.17) is 4.74 Å². The Morgan fingerprint density at radius 2 is 1.82 bits per heavy atom. The first-order valence-corrected chi connectivity index (χ1v) is 8.19. The Hall–Kier alpha value is -2.20. The van der Waals surface area contributed by atoms with E-state index in [0.29, 0.717) is 6.61 Å². The zero-order valence-corrected chi connectivity index (χ0v) is 13.3. The third kappa shape index (κ3) is 3.17. The van der Waals surface area contributed by atoms with E-state index in [1.54, 1.807) is 11.3 Å². The number of esters is 1. The average Bonchev–Trinajstić information content (AvgIpc) is 2.86. The van der Waals surface area contributed by atoms with Crippen LogP contribution in [0.3, 0.4) is 0 Å². The number of benzene rings is 2. The van der Waals surface area contributed by atoms with Gasteiger partial charge < -0.3 is 4.74 Å². The van der Waals surface area contributed by atoms with Gasteiger partial charge in [0.15, 0.2) is 0 Å². The zero-order chi connectivity index (χ0) is 15.4. The van der Waals surface area contributed by atoms with Crippen molar-refractivity contribution in [3.05, 3.63) is 65.2 Å². The van der Waals surface area contributed by atoms with Crippen LogP contribution in [-0.2, 0) is 22.5 Å². The maximum Gasteiger partial charge on any atom is 0.372 e. The number of thiazole rings is 1. The van der Waals surface area contributed by atoms with Crippen molar-refractivity contribution in [2.75, 3.05) is 6.61 Å². The third-order valence-electron chi connectivity index (χ3n) is 3.48. The van der Waals surface area contributed by atoms with Gasteiger partial charge in [0.05, 0.1) is 13.0 Å². The number of aromatic nitrogens is 1. The highest BCUT2D eigenvalue weighted by atomic mass is 32.1. The number of carbonyl (C=O) groups excluding carboxylic acids is 1. The number of para-hydroxylation sites is 1. The fourth-order valence-electron chi connectivity index (χ4n) is 2.49. The lowest BCUT2D eigenvalue weighted by Crippen LogP contribution is -2.41. The molecule has 0 aliphatic rings. The Morgan fingerprint density at radius 1 is 1.09 bits per heavy atom. The van der Waals surface area contributed by atoms with E-state index in [0.717, 1.165) is 11.9 Å².